The van der Waals surface area contributed by atoms with Crippen molar-refractivity contribution >= 4 is 40.1 Å². The lowest BCUT2D eigenvalue weighted by atomic mass is 10.3. The van der Waals surface area contributed by atoms with E-state index in [1.54, 1.807) is 0 Å². The number of carbonyl (C=O) groups excluding carboxylic acids is 2. The van der Waals surface area contributed by atoms with Crippen LogP contribution < -0.4 is 5.32 Å². The number of rotatable bonds is 4. The lowest BCUT2D eigenvalue weighted by Crippen LogP contribution is -2.42. The van der Waals surface area contributed by atoms with Gasteiger partial charge in [-0.1, -0.05) is 30.9 Å². The first-order valence-corrected chi connectivity index (χ1v) is 6.55. The molecule has 1 fully saturated rings. The maximum atomic E-state index is 11.8. The van der Waals surface area contributed by atoms with Gasteiger partial charge in [0.05, 0.1) is 5.25 Å². The largest absolute Gasteiger partial charge is 0.352 e. The minimum absolute atomic E-state index is 0.0410. The van der Waals surface area contributed by atoms with Crippen molar-refractivity contribution in [3.63, 3.8) is 0 Å². The van der Waals surface area contributed by atoms with Crippen LogP contribution in [0.25, 0.3) is 0 Å². The maximum absolute atomic E-state index is 11.8. The van der Waals surface area contributed by atoms with Crippen LogP contribution in [0.15, 0.2) is 0 Å². The van der Waals surface area contributed by atoms with Gasteiger partial charge in [0.2, 0.25) is 11.8 Å². The molecule has 0 saturated carbocycles. The molecule has 1 aliphatic heterocycles. The highest BCUT2D eigenvalue weighted by Gasteiger charge is 2.36. The molecule has 6 heteroatoms. The fraction of sp³-hybridized carbons (Fsp3) is 0.700. The van der Waals surface area contributed by atoms with Crippen LogP contribution in [0.2, 0.25) is 0 Å². The predicted octanol–water partition coefficient (Wildman–Crippen LogP) is 1.15. The summed E-state index contributed by atoms with van der Waals surface area (Å²) in [6, 6.07) is 0.0772. The van der Waals surface area contributed by atoms with Crippen LogP contribution in [0.3, 0.4) is 0 Å². The molecule has 0 aliphatic carbocycles. The van der Waals surface area contributed by atoms with E-state index in [0.717, 1.165) is 6.42 Å². The lowest BCUT2D eigenvalue weighted by molar-refractivity contribution is -0.131. The molecule has 1 N–H and O–H groups in total. The van der Waals surface area contributed by atoms with Gasteiger partial charge >= 0.3 is 0 Å². The van der Waals surface area contributed by atoms with Gasteiger partial charge in [0.15, 0.2) is 0 Å². The molecule has 90 valence electrons. The van der Waals surface area contributed by atoms with Gasteiger partial charge in [0.1, 0.15) is 10.9 Å². The van der Waals surface area contributed by atoms with E-state index >= 15 is 0 Å². The zero-order chi connectivity index (χ0) is 12.3. The van der Waals surface area contributed by atoms with Gasteiger partial charge in [-0.3, -0.25) is 14.5 Å². The second kappa shape index (κ2) is 5.63. The Morgan fingerprint density at radius 1 is 1.62 bits per heavy atom. The Hall–Kier alpha value is -0.620. The summed E-state index contributed by atoms with van der Waals surface area (Å²) in [6.45, 7) is 5.74. The fourth-order valence-corrected chi connectivity index (χ4v) is 2.83. The second-order valence-electron chi connectivity index (χ2n) is 3.93. The number of nitrogens with one attached hydrogen (secondary N) is 1. The number of thiocarbonyl (C=S) groups is 1. The van der Waals surface area contributed by atoms with E-state index in [0.29, 0.717) is 4.32 Å². The summed E-state index contributed by atoms with van der Waals surface area (Å²) >= 11 is 6.45. The molecule has 1 rings (SSSR count). The average Bonchev–Trinajstić information content (AvgIpc) is 2.44. The molecule has 16 heavy (non-hydrogen) atoms. The third-order valence-corrected chi connectivity index (χ3v) is 3.88. The molecule has 2 amide bonds. The summed E-state index contributed by atoms with van der Waals surface area (Å²) in [5, 5.41) is 2.63. The van der Waals surface area contributed by atoms with E-state index in [1.165, 1.54) is 16.7 Å². The van der Waals surface area contributed by atoms with E-state index in [1.807, 2.05) is 20.8 Å². The Morgan fingerprint density at radius 2 is 2.25 bits per heavy atom. The number of hydrogen-bond acceptors (Lipinski definition) is 4. The minimum Gasteiger partial charge on any atom is -0.352 e. The molecule has 0 bridgehead atoms. The minimum atomic E-state index is -0.164. The highest BCUT2D eigenvalue weighted by atomic mass is 32.2. The van der Waals surface area contributed by atoms with Crippen molar-refractivity contribution in [1.29, 1.82) is 0 Å². The smallest absolute Gasteiger partial charge is 0.242 e. The van der Waals surface area contributed by atoms with E-state index in [4.69, 9.17) is 12.2 Å². The molecule has 0 aromatic carbocycles. The van der Waals surface area contributed by atoms with E-state index in [9.17, 15) is 9.59 Å². The van der Waals surface area contributed by atoms with Crippen LogP contribution in [0.1, 0.15) is 27.2 Å². The number of amides is 2. The van der Waals surface area contributed by atoms with Crippen LogP contribution in [-0.2, 0) is 9.59 Å². The molecule has 0 aromatic rings. The van der Waals surface area contributed by atoms with Crippen LogP contribution >= 0.6 is 24.0 Å². The van der Waals surface area contributed by atoms with Crippen molar-refractivity contribution in [2.45, 2.75) is 38.5 Å². The van der Waals surface area contributed by atoms with Crippen molar-refractivity contribution in [2.75, 3.05) is 6.54 Å². The van der Waals surface area contributed by atoms with Crippen molar-refractivity contribution in [2.24, 2.45) is 0 Å². The van der Waals surface area contributed by atoms with Crippen molar-refractivity contribution in [3.05, 3.63) is 0 Å². The van der Waals surface area contributed by atoms with Crippen LogP contribution in [0.5, 0.6) is 0 Å². The van der Waals surface area contributed by atoms with Gasteiger partial charge in [0.25, 0.3) is 0 Å². The molecule has 1 heterocycles. The number of hydrogen-bond donors (Lipinski definition) is 1. The summed E-state index contributed by atoms with van der Waals surface area (Å²) in [5.41, 5.74) is 0. The molecule has 0 aromatic heterocycles. The standard InChI is InChI=1S/C10H16N2O2S2/c1-4-7-9(14)12(10(15)16-7)5-8(13)11-6(2)3/h6-7H,4-5H2,1-3H3,(H,11,13). The number of carbonyl (C=O) groups is 2. The molecule has 0 radical (unpaired) electrons. The van der Waals surface area contributed by atoms with Gasteiger partial charge in [-0.05, 0) is 20.3 Å². The fourth-order valence-electron chi connectivity index (χ4n) is 1.41. The second-order valence-corrected chi connectivity index (χ2v) is 5.76. The first-order valence-electron chi connectivity index (χ1n) is 5.27. The summed E-state index contributed by atoms with van der Waals surface area (Å²) in [5.74, 6) is -0.209. The maximum Gasteiger partial charge on any atom is 0.242 e. The quantitative estimate of drug-likeness (QED) is 0.770. The Balaban J connectivity index is 2.57. The molecule has 1 aliphatic rings. The van der Waals surface area contributed by atoms with Crippen molar-refractivity contribution < 1.29 is 9.59 Å². The van der Waals surface area contributed by atoms with E-state index in [-0.39, 0.29) is 29.7 Å². The summed E-state index contributed by atoms with van der Waals surface area (Å²) in [7, 11) is 0. The third kappa shape index (κ3) is 3.18. The SMILES string of the molecule is CCC1SC(=S)N(CC(=O)NC(C)C)C1=O. The molecule has 1 atom stereocenters. The number of nitrogens with zero attached hydrogens (tertiary/aromatic N) is 1. The molecule has 0 spiro atoms. The predicted molar refractivity (Wildman–Crippen MR) is 69.3 cm³/mol. The normalized spacial score (nSPS) is 20.8. The molecular weight excluding hydrogens is 244 g/mol. The molecule has 4 nitrogen and oxygen atoms in total. The lowest BCUT2D eigenvalue weighted by Gasteiger charge is -2.16. The number of thioether (sulfide) groups is 1. The zero-order valence-corrected chi connectivity index (χ0v) is 11.3. The van der Waals surface area contributed by atoms with Crippen LogP contribution in [0, 0.1) is 0 Å². The van der Waals surface area contributed by atoms with Crippen LogP contribution in [0.4, 0.5) is 0 Å². The molecule has 1 unspecified atom stereocenters. The first kappa shape index (κ1) is 13.4. The van der Waals surface area contributed by atoms with E-state index < -0.39 is 0 Å². The van der Waals surface area contributed by atoms with Crippen molar-refractivity contribution in [3.8, 4) is 0 Å². The average molecular weight is 260 g/mol. The summed E-state index contributed by atoms with van der Waals surface area (Å²) < 4.78 is 0.510. The molecule has 1 saturated heterocycles. The Kier molecular flexibility index (Phi) is 4.73. The van der Waals surface area contributed by atoms with E-state index in [2.05, 4.69) is 5.32 Å². The Morgan fingerprint density at radius 3 is 2.69 bits per heavy atom. The highest BCUT2D eigenvalue weighted by Crippen LogP contribution is 2.28. The van der Waals surface area contributed by atoms with Crippen LogP contribution in [-0.4, -0.2) is 38.9 Å². The monoisotopic (exact) mass is 260 g/mol. The highest BCUT2D eigenvalue weighted by molar-refractivity contribution is 8.24. The molecular formula is C10H16N2O2S2. The van der Waals surface area contributed by atoms with Gasteiger partial charge in [-0.25, -0.2) is 0 Å². The zero-order valence-electron chi connectivity index (χ0n) is 9.65. The Labute approximate surface area is 105 Å². The van der Waals surface area contributed by atoms with Gasteiger partial charge in [-0.15, -0.1) is 0 Å². The third-order valence-electron chi connectivity index (χ3n) is 2.13. The summed E-state index contributed by atoms with van der Waals surface area (Å²) in [6.07, 6.45) is 0.742. The van der Waals surface area contributed by atoms with Gasteiger partial charge < -0.3 is 5.32 Å². The summed E-state index contributed by atoms with van der Waals surface area (Å²) in [4.78, 5) is 24.7. The van der Waals surface area contributed by atoms with Gasteiger partial charge in [0, 0.05) is 6.04 Å². The first-order chi connectivity index (χ1) is 7.45. The van der Waals surface area contributed by atoms with Crippen molar-refractivity contribution in [1.82, 2.24) is 10.2 Å². The topological polar surface area (TPSA) is 49.4 Å². The van der Waals surface area contributed by atoms with Gasteiger partial charge in [-0.2, -0.15) is 0 Å². The Bertz CT molecular complexity index is 318.